The smallest absolute Gasteiger partial charge is 0.123 e. The summed E-state index contributed by atoms with van der Waals surface area (Å²) in [5.74, 6) is 0.869. The van der Waals surface area contributed by atoms with Gasteiger partial charge in [0, 0.05) is 32.5 Å². The number of nitrogens with zero attached hydrogens (tertiary/aromatic N) is 2. The number of rotatable bonds is 7. The van der Waals surface area contributed by atoms with Crippen molar-refractivity contribution in [2.24, 2.45) is 5.92 Å². The molecule has 1 radical (unpaired) electrons. The van der Waals surface area contributed by atoms with Crippen LogP contribution in [0.2, 0.25) is 19.6 Å². The van der Waals surface area contributed by atoms with Crippen molar-refractivity contribution in [3.8, 4) is 44.8 Å². The molecular formula is C51H48IrN2OSi-2. The van der Waals surface area contributed by atoms with E-state index in [9.17, 15) is 0 Å². The Morgan fingerprint density at radius 2 is 1.38 bits per heavy atom. The molecule has 1 aliphatic carbocycles. The summed E-state index contributed by atoms with van der Waals surface area (Å²) in [5, 5.41) is 3.74. The van der Waals surface area contributed by atoms with Gasteiger partial charge in [0.05, 0.1) is 13.7 Å². The van der Waals surface area contributed by atoms with E-state index in [1.165, 1.54) is 55.2 Å². The molecule has 1 fully saturated rings. The van der Waals surface area contributed by atoms with E-state index in [0.29, 0.717) is 0 Å². The SMILES string of the molecule is C[Si](C)(C)c1cnc(-c2[c-]cccc2)cc1CC1CCCCC1.Cc1cc2c([c-]c1-c1cc(-c3ccccc3)ccn1)oc1ccc(-c3ccccc3)cc12.[Ir]. The predicted molar refractivity (Wildman–Crippen MR) is 233 cm³/mol. The monoisotopic (exact) mass is 925 g/mol. The van der Waals surface area contributed by atoms with Crippen LogP contribution in [0.1, 0.15) is 43.2 Å². The number of fused-ring (bicyclic) bond motifs is 3. The molecule has 0 unspecified atom stereocenters. The average Bonchev–Trinajstić information content (AvgIpc) is 3.58. The molecular weight excluding hydrogens is 877 g/mol. The number of hydrogen-bond donors (Lipinski definition) is 0. The van der Waals surface area contributed by atoms with Crippen LogP contribution in [0.3, 0.4) is 0 Å². The number of aromatic nitrogens is 2. The summed E-state index contributed by atoms with van der Waals surface area (Å²) in [6, 6.07) is 50.9. The van der Waals surface area contributed by atoms with Crippen LogP contribution in [0.4, 0.5) is 0 Å². The quantitative estimate of drug-likeness (QED) is 0.118. The number of benzene rings is 5. The second-order valence-electron chi connectivity index (χ2n) is 16.0. The summed E-state index contributed by atoms with van der Waals surface area (Å²) in [4.78, 5) is 9.41. The van der Waals surface area contributed by atoms with Gasteiger partial charge in [-0.1, -0.05) is 161 Å². The van der Waals surface area contributed by atoms with Gasteiger partial charge in [0.25, 0.3) is 0 Å². The van der Waals surface area contributed by atoms with Crippen LogP contribution in [0.25, 0.3) is 66.7 Å². The molecule has 0 saturated heterocycles. The molecule has 0 atom stereocenters. The van der Waals surface area contributed by atoms with Crippen molar-refractivity contribution in [2.75, 3.05) is 0 Å². The van der Waals surface area contributed by atoms with E-state index in [1.54, 1.807) is 10.8 Å². The Labute approximate surface area is 346 Å². The van der Waals surface area contributed by atoms with Crippen LogP contribution in [0.5, 0.6) is 0 Å². The van der Waals surface area contributed by atoms with Crippen molar-refractivity contribution in [1.82, 2.24) is 9.97 Å². The van der Waals surface area contributed by atoms with Gasteiger partial charge in [-0.25, -0.2) is 0 Å². The molecule has 3 nitrogen and oxygen atoms in total. The topological polar surface area (TPSA) is 38.9 Å². The summed E-state index contributed by atoms with van der Waals surface area (Å²) < 4.78 is 6.19. The molecule has 56 heavy (non-hydrogen) atoms. The Bertz CT molecular complexity index is 2540. The zero-order chi connectivity index (χ0) is 37.8. The van der Waals surface area contributed by atoms with Gasteiger partial charge >= 0.3 is 0 Å². The Morgan fingerprint density at radius 3 is 2.05 bits per heavy atom. The van der Waals surface area contributed by atoms with Crippen molar-refractivity contribution in [2.45, 2.75) is 65.1 Å². The van der Waals surface area contributed by atoms with Gasteiger partial charge in [-0.15, -0.1) is 53.1 Å². The third-order valence-electron chi connectivity index (χ3n) is 11.0. The Kier molecular flexibility index (Phi) is 12.3. The molecule has 0 N–H and O–H groups in total. The van der Waals surface area contributed by atoms with Crippen molar-refractivity contribution >= 4 is 35.2 Å². The molecule has 3 aromatic heterocycles. The number of furan rings is 1. The maximum atomic E-state index is 6.19. The Balaban J connectivity index is 0.000000178. The van der Waals surface area contributed by atoms with E-state index in [-0.39, 0.29) is 20.1 Å². The molecule has 8 aromatic rings. The first kappa shape index (κ1) is 39.3. The van der Waals surface area contributed by atoms with Gasteiger partial charge in [-0.05, 0) is 68.7 Å². The second-order valence-corrected chi connectivity index (χ2v) is 21.0. The van der Waals surface area contributed by atoms with Gasteiger partial charge in [0.2, 0.25) is 0 Å². The van der Waals surface area contributed by atoms with Crippen LogP contribution >= 0.6 is 0 Å². The van der Waals surface area contributed by atoms with Crippen LogP contribution in [-0.4, -0.2) is 18.0 Å². The first-order valence-corrected chi connectivity index (χ1v) is 23.2. The van der Waals surface area contributed by atoms with Crippen molar-refractivity contribution in [1.29, 1.82) is 0 Å². The molecule has 1 aliphatic rings. The molecule has 283 valence electrons. The zero-order valence-electron chi connectivity index (χ0n) is 32.7. The average molecular weight is 925 g/mol. The van der Waals surface area contributed by atoms with Gasteiger partial charge in [0.15, 0.2) is 0 Å². The molecule has 9 rings (SSSR count). The van der Waals surface area contributed by atoms with Crippen molar-refractivity contribution < 1.29 is 24.5 Å². The van der Waals surface area contributed by atoms with E-state index < -0.39 is 8.07 Å². The number of aryl methyl sites for hydroxylation is 1. The third-order valence-corrected chi connectivity index (χ3v) is 13.0. The largest absolute Gasteiger partial charge is 0.477 e. The summed E-state index contributed by atoms with van der Waals surface area (Å²) >= 11 is 0. The van der Waals surface area contributed by atoms with Gasteiger partial charge in [-0.2, -0.15) is 0 Å². The fourth-order valence-electron chi connectivity index (χ4n) is 8.05. The third kappa shape index (κ3) is 8.87. The molecule has 0 aliphatic heterocycles. The first-order chi connectivity index (χ1) is 26.8. The minimum absolute atomic E-state index is 0. The van der Waals surface area contributed by atoms with Crippen molar-refractivity contribution in [3.05, 3.63) is 163 Å². The van der Waals surface area contributed by atoms with Crippen LogP contribution in [0.15, 0.2) is 144 Å². The fourth-order valence-corrected chi connectivity index (χ4v) is 9.64. The molecule has 3 heterocycles. The molecule has 1 saturated carbocycles. The second kappa shape index (κ2) is 17.5. The normalized spacial score (nSPS) is 13.2. The van der Waals surface area contributed by atoms with Gasteiger partial charge in [-0.3, -0.25) is 0 Å². The molecule has 0 amide bonds. The zero-order valence-corrected chi connectivity index (χ0v) is 36.1. The van der Waals surface area contributed by atoms with E-state index in [0.717, 1.165) is 61.5 Å². The number of hydrogen-bond acceptors (Lipinski definition) is 3. The standard InChI is InChI=1S/C30H20NO.C21H28NSi.Ir/c1-20-16-26-27-17-23(21-8-4-2-5-9-21)12-13-29(27)32-30(26)19-25(20)28-18-24(14-15-31-28)22-10-6-3-7-11-22;1-23(2,3)21-16-22-20(18-12-8-5-9-13-18)15-19(21)14-17-10-6-4-7-11-17;/h2-18H,1H3;5,8-9,12,15-17H,4,6-7,10-11,14H2,1-3H3;/q2*-1;. The first-order valence-electron chi connectivity index (χ1n) is 19.7. The summed E-state index contributed by atoms with van der Waals surface area (Å²) in [6.45, 7) is 9.41. The van der Waals surface area contributed by atoms with Gasteiger partial charge in [0.1, 0.15) is 5.58 Å². The van der Waals surface area contributed by atoms with Crippen LogP contribution < -0.4 is 5.19 Å². The summed E-state index contributed by atoms with van der Waals surface area (Å²) in [5.41, 5.74) is 13.1. The minimum Gasteiger partial charge on any atom is -0.477 e. The van der Waals surface area contributed by atoms with Crippen molar-refractivity contribution in [3.63, 3.8) is 0 Å². The predicted octanol–water partition coefficient (Wildman–Crippen LogP) is 13.3. The maximum absolute atomic E-state index is 6.19. The number of pyridine rings is 2. The van der Waals surface area contributed by atoms with Crippen LogP contribution in [-0.2, 0) is 26.5 Å². The molecule has 0 spiro atoms. The summed E-state index contributed by atoms with van der Waals surface area (Å²) in [6.07, 6.45) is 12.3. The Morgan fingerprint density at radius 1 is 0.679 bits per heavy atom. The fraction of sp³-hybridized carbons (Fsp3) is 0.216. The van der Waals surface area contributed by atoms with E-state index >= 15 is 0 Å². The van der Waals surface area contributed by atoms with Crippen LogP contribution in [0, 0.1) is 25.0 Å². The summed E-state index contributed by atoms with van der Waals surface area (Å²) in [7, 11) is -1.36. The van der Waals surface area contributed by atoms with Gasteiger partial charge < -0.3 is 14.4 Å². The van der Waals surface area contributed by atoms with E-state index in [2.05, 4.69) is 147 Å². The molecule has 5 aromatic carbocycles. The molecule has 0 bridgehead atoms. The molecule has 5 heteroatoms. The maximum Gasteiger partial charge on any atom is 0.123 e. The Hall–Kier alpha value is -4.93. The minimum atomic E-state index is -1.36. The van der Waals surface area contributed by atoms with E-state index in [1.807, 2.05) is 36.5 Å². The van der Waals surface area contributed by atoms with E-state index in [4.69, 9.17) is 9.40 Å².